The standard InChI is InChI=1S/C33H25.2ClH.Ti/c1-22-17-18-28-27(19-22)20-31-30(28)21-29(23(2)32(31)24-15-9-10-16-24)33(25-11-5-3-6-12-25)26-13-7-4-8-14-26;;;/h3-15,17-19,21H,16H2,1-2H3;2*1H;/q;;;+2/p-2. The molecule has 4 aromatic rings. The maximum Gasteiger partial charge on any atom is -1.00 e. The van der Waals surface area contributed by atoms with E-state index in [-0.39, 0.29) is 24.8 Å². The zero-order chi connectivity index (χ0) is 23.2. The van der Waals surface area contributed by atoms with E-state index in [1.807, 2.05) is 0 Å². The van der Waals surface area contributed by atoms with Crippen LogP contribution in [-0.4, -0.2) is 0 Å². The third kappa shape index (κ3) is 4.38. The Balaban J connectivity index is 0.00000152. The Labute approximate surface area is 237 Å². The van der Waals surface area contributed by atoms with Gasteiger partial charge in [-0.3, -0.25) is 0 Å². The van der Waals surface area contributed by atoms with Crippen LogP contribution in [0.15, 0.2) is 103 Å². The second-order valence-electron chi connectivity index (χ2n) is 9.20. The summed E-state index contributed by atoms with van der Waals surface area (Å²) in [5.41, 5.74) is 13.4. The van der Waals surface area contributed by atoms with E-state index < -0.39 is 0 Å². The molecule has 0 aliphatic heterocycles. The van der Waals surface area contributed by atoms with Gasteiger partial charge in [0.2, 0.25) is 0 Å². The summed E-state index contributed by atoms with van der Waals surface area (Å²) in [5.74, 6) is 0. The molecule has 0 bridgehead atoms. The largest absolute Gasteiger partial charge is 1.00 e. The zero-order valence-corrected chi connectivity index (χ0v) is 23.4. The maximum absolute atomic E-state index is 2.46. The fraction of sp³-hybridized carbons (Fsp3) is 0.0909. The van der Waals surface area contributed by atoms with Crippen LogP contribution in [0.1, 0.15) is 39.8 Å². The summed E-state index contributed by atoms with van der Waals surface area (Å²) in [6.07, 6.45) is 7.77. The van der Waals surface area contributed by atoms with Crippen LogP contribution < -0.4 is 35.3 Å². The van der Waals surface area contributed by atoms with Gasteiger partial charge in [-0.25, -0.2) is 0 Å². The number of rotatable bonds is 3. The molecule has 36 heavy (non-hydrogen) atoms. The van der Waals surface area contributed by atoms with Crippen LogP contribution in [-0.2, 0) is 20.4 Å². The van der Waals surface area contributed by atoms with Crippen molar-refractivity contribution >= 4 is 15.0 Å². The smallest absolute Gasteiger partial charge is 1.00 e. The minimum absolute atomic E-state index is 0. The van der Waals surface area contributed by atoms with Gasteiger partial charge in [0, 0.05) is 0 Å². The molecule has 0 heterocycles. The quantitative estimate of drug-likeness (QED) is 0.334. The van der Waals surface area contributed by atoms with Gasteiger partial charge in [0.25, 0.3) is 0 Å². The van der Waals surface area contributed by atoms with Crippen molar-refractivity contribution < 1.29 is 45.2 Å². The van der Waals surface area contributed by atoms with Crippen LogP contribution in [0.25, 0.3) is 26.2 Å². The summed E-state index contributed by atoms with van der Waals surface area (Å²) in [6, 6.07) is 31.1. The van der Waals surface area contributed by atoms with Gasteiger partial charge >= 0.3 is 214 Å². The van der Waals surface area contributed by atoms with Crippen molar-refractivity contribution in [2.75, 3.05) is 0 Å². The van der Waals surface area contributed by atoms with Crippen molar-refractivity contribution in [1.29, 1.82) is 0 Å². The summed E-state index contributed by atoms with van der Waals surface area (Å²) in [4.78, 5) is 0. The fourth-order valence-electron chi connectivity index (χ4n) is 5.47. The van der Waals surface area contributed by atoms with Crippen LogP contribution in [0.2, 0.25) is 0 Å². The van der Waals surface area contributed by atoms with Gasteiger partial charge in [-0.2, -0.15) is 0 Å². The second kappa shape index (κ2) is 10.8. The Bertz CT molecular complexity index is 1590. The van der Waals surface area contributed by atoms with Crippen LogP contribution in [0.5, 0.6) is 0 Å². The predicted octanol–water partition coefficient (Wildman–Crippen LogP) is 0.586. The molecule has 0 aromatic heterocycles. The van der Waals surface area contributed by atoms with Crippen LogP contribution in [0.4, 0.5) is 0 Å². The molecular weight excluding hydrogens is 515 g/mol. The van der Waals surface area contributed by atoms with Gasteiger partial charge in [-0.1, -0.05) is 0 Å². The summed E-state index contributed by atoms with van der Waals surface area (Å²) in [6.45, 7) is 4.51. The molecule has 0 radical (unpaired) electrons. The van der Waals surface area contributed by atoms with E-state index in [0.717, 1.165) is 6.42 Å². The van der Waals surface area contributed by atoms with Gasteiger partial charge in [-0.15, -0.1) is 0 Å². The molecule has 0 N–H and O–H groups in total. The first-order valence-corrected chi connectivity index (χ1v) is 12.6. The van der Waals surface area contributed by atoms with Crippen molar-refractivity contribution in [3.8, 4) is 11.1 Å². The molecule has 0 unspecified atom stereocenters. The van der Waals surface area contributed by atoms with Crippen LogP contribution in [0, 0.1) is 13.8 Å². The Hall–Kier alpha value is -2.61. The van der Waals surface area contributed by atoms with E-state index in [2.05, 4.69) is 137 Å². The average molecular weight is 540 g/mol. The zero-order valence-electron chi connectivity index (χ0n) is 20.3. The SMILES string of the molecule is Cc1ccc2c(c1)[C]([Ti+2])=c1c-2cc(=C(c2ccccc2)c2ccccc2)c(C)c1C1=CC=CC1.[Cl-].[Cl-]. The van der Waals surface area contributed by atoms with Crippen molar-refractivity contribution in [3.63, 3.8) is 0 Å². The van der Waals surface area contributed by atoms with E-state index in [1.54, 1.807) is 0 Å². The monoisotopic (exact) mass is 539 g/mol. The number of allylic oxidation sites excluding steroid dienone is 4. The second-order valence-corrected chi connectivity index (χ2v) is 9.98. The molecule has 6 rings (SSSR count). The Morgan fingerprint density at radius 3 is 1.94 bits per heavy atom. The minimum Gasteiger partial charge on any atom is -1.00 e. The maximum atomic E-state index is 2.46. The number of hydrogen-bond acceptors (Lipinski definition) is 0. The first-order valence-electron chi connectivity index (χ1n) is 11.9. The van der Waals surface area contributed by atoms with Crippen molar-refractivity contribution in [3.05, 3.63) is 147 Å². The van der Waals surface area contributed by atoms with Crippen molar-refractivity contribution in [2.24, 2.45) is 0 Å². The van der Waals surface area contributed by atoms with E-state index in [4.69, 9.17) is 0 Å². The molecule has 0 atom stereocenters. The number of benzene rings is 4. The molecular formula is C33H25Cl2Ti. The number of halogens is 2. The number of hydrogen-bond donors (Lipinski definition) is 0. The Kier molecular flexibility index (Phi) is 7.93. The molecule has 0 saturated carbocycles. The summed E-state index contributed by atoms with van der Waals surface area (Å²) in [5, 5.41) is 2.73. The van der Waals surface area contributed by atoms with Gasteiger partial charge in [0.05, 0.1) is 0 Å². The van der Waals surface area contributed by atoms with Crippen LogP contribution in [0.3, 0.4) is 0 Å². The third-order valence-corrected chi connectivity index (χ3v) is 7.87. The molecule has 2 aliphatic carbocycles. The molecule has 0 amide bonds. The van der Waals surface area contributed by atoms with Gasteiger partial charge in [-0.05, 0) is 0 Å². The Morgan fingerprint density at radius 2 is 1.36 bits per heavy atom. The van der Waals surface area contributed by atoms with Gasteiger partial charge in [0.1, 0.15) is 0 Å². The first kappa shape index (κ1) is 26.5. The molecule has 175 valence electrons. The minimum atomic E-state index is 0. The molecule has 3 heteroatoms. The van der Waals surface area contributed by atoms with E-state index in [0.29, 0.717) is 0 Å². The number of fused-ring (bicyclic) bond motifs is 3. The predicted molar refractivity (Wildman–Crippen MR) is 139 cm³/mol. The molecule has 0 spiro atoms. The molecule has 4 aromatic carbocycles. The third-order valence-electron chi connectivity index (χ3n) is 7.06. The van der Waals surface area contributed by atoms with Gasteiger partial charge in [0.15, 0.2) is 0 Å². The van der Waals surface area contributed by atoms with E-state index in [1.165, 1.54) is 70.0 Å². The van der Waals surface area contributed by atoms with Gasteiger partial charge < -0.3 is 24.8 Å². The molecule has 0 saturated heterocycles. The number of aryl methyl sites for hydroxylation is 1. The van der Waals surface area contributed by atoms with E-state index in [9.17, 15) is 0 Å². The van der Waals surface area contributed by atoms with E-state index >= 15 is 0 Å². The van der Waals surface area contributed by atoms with Crippen molar-refractivity contribution in [2.45, 2.75) is 20.3 Å². The van der Waals surface area contributed by atoms with Crippen LogP contribution >= 0.6 is 0 Å². The average Bonchev–Trinajstić information content (AvgIpc) is 3.49. The fourth-order valence-corrected chi connectivity index (χ4v) is 6.20. The molecule has 0 fully saturated rings. The summed E-state index contributed by atoms with van der Waals surface area (Å²) < 4.78 is 1.40. The first-order chi connectivity index (χ1) is 16.6. The summed E-state index contributed by atoms with van der Waals surface area (Å²) >= 11 is 2.30. The summed E-state index contributed by atoms with van der Waals surface area (Å²) in [7, 11) is 0. The normalized spacial score (nSPS) is 12.9. The Morgan fingerprint density at radius 1 is 0.722 bits per heavy atom. The van der Waals surface area contributed by atoms with Crippen molar-refractivity contribution in [1.82, 2.24) is 0 Å². The molecule has 0 nitrogen and oxygen atoms in total. The molecule has 2 aliphatic rings. The topological polar surface area (TPSA) is 0 Å².